The van der Waals surface area contributed by atoms with Crippen LogP contribution in [0.1, 0.15) is 10.1 Å². The third kappa shape index (κ3) is 3.63. The molecule has 0 saturated carbocycles. The van der Waals surface area contributed by atoms with Crippen LogP contribution in [0.3, 0.4) is 0 Å². The number of sulfone groups is 1. The second kappa shape index (κ2) is 7.06. The summed E-state index contributed by atoms with van der Waals surface area (Å²) in [6.45, 7) is -0.207. The van der Waals surface area contributed by atoms with Crippen LogP contribution in [0.5, 0.6) is 0 Å². The number of thiophene rings is 3. The molecule has 1 N–H and O–H groups in total. The van der Waals surface area contributed by atoms with Gasteiger partial charge >= 0.3 is 0 Å². The Morgan fingerprint density at radius 1 is 0.833 bits per heavy atom. The molecule has 3 aromatic rings. The van der Waals surface area contributed by atoms with Crippen molar-refractivity contribution >= 4 is 53.9 Å². The molecule has 1 unspecified atom stereocenters. The Labute approximate surface area is 152 Å². The first kappa shape index (κ1) is 17.8. The van der Waals surface area contributed by atoms with Crippen molar-refractivity contribution in [3.63, 3.8) is 0 Å². The van der Waals surface area contributed by atoms with Crippen LogP contribution in [-0.2, 0) is 19.9 Å². The van der Waals surface area contributed by atoms with E-state index in [0.29, 0.717) is 4.88 Å². The van der Waals surface area contributed by atoms with Gasteiger partial charge in [0.2, 0.25) is 10.0 Å². The molecule has 3 heterocycles. The number of hydrogen-bond donors (Lipinski definition) is 1. The molecule has 0 bridgehead atoms. The maximum absolute atomic E-state index is 12.9. The highest BCUT2D eigenvalue weighted by molar-refractivity contribution is 7.94. The summed E-state index contributed by atoms with van der Waals surface area (Å²) in [7, 11) is -7.39. The highest BCUT2D eigenvalue weighted by atomic mass is 32.2. The van der Waals surface area contributed by atoms with Gasteiger partial charge in [0.15, 0.2) is 9.84 Å². The molecule has 0 aliphatic rings. The summed E-state index contributed by atoms with van der Waals surface area (Å²) in [6.07, 6.45) is 0. The van der Waals surface area contributed by atoms with Gasteiger partial charge in [-0.15, -0.1) is 34.0 Å². The summed E-state index contributed by atoms with van der Waals surface area (Å²) >= 11 is 3.51. The summed E-state index contributed by atoms with van der Waals surface area (Å²) in [5.41, 5.74) is 0. The summed E-state index contributed by atoms with van der Waals surface area (Å²) < 4.78 is 53.2. The number of rotatable bonds is 7. The number of nitrogens with one attached hydrogen (secondary N) is 1. The fourth-order valence-electron chi connectivity index (χ4n) is 2.08. The van der Waals surface area contributed by atoms with E-state index in [1.807, 2.05) is 0 Å². The van der Waals surface area contributed by atoms with E-state index < -0.39 is 25.1 Å². The Morgan fingerprint density at radius 3 is 1.96 bits per heavy atom. The molecule has 10 heteroatoms. The van der Waals surface area contributed by atoms with Crippen LogP contribution in [0.15, 0.2) is 61.0 Å². The molecule has 0 aliphatic heterocycles. The molecule has 0 aliphatic carbocycles. The third-order valence-corrected chi connectivity index (χ3v) is 10.7. The lowest BCUT2D eigenvalue weighted by atomic mass is 10.3. The lowest BCUT2D eigenvalue weighted by Crippen LogP contribution is -2.31. The van der Waals surface area contributed by atoms with Crippen LogP contribution in [-0.4, -0.2) is 23.4 Å². The Hall–Kier alpha value is -1.04. The first-order valence-corrected chi connectivity index (χ1v) is 12.4. The van der Waals surface area contributed by atoms with Crippen LogP contribution in [0.2, 0.25) is 0 Å². The lowest BCUT2D eigenvalue weighted by Gasteiger charge is -2.16. The van der Waals surface area contributed by atoms with Gasteiger partial charge in [-0.3, -0.25) is 0 Å². The van der Waals surface area contributed by atoms with E-state index in [1.165, 1.54) is 23.5 Å². The minimum Gasteiger partial charge on any atom is -0.222 e. The van der Waals surface area contributed by atoms with Gasteiger partial charge in [0.05, 0.1) is 0 Å². The fourth-order valence-corrected chi connectivity index (χ4v) is 8.26. The zero-order chi connectivity index (χ0) is 17.2. The Kier molecular flexibility index (Phi) is 5.23. The zero-order valence-corrected chi connectivity index (χ0v) is 16.2. The highest BCUT2D eigenvalue weighted by Gasteiger charge is 2.32. The molecule has 128 valence electrons. The first-order valence-electron chi connectivity index (χ1n) is 6.75. The second-order valence-corrected chi connectivity index (χ2v) is 12.0. The molecule has 0 amide bonds. The van der Waals surface area contributed by atoms with Crippen molar-refractivity contribution in [1.82, 2.24) is 4.72 Å². The SMILES string of the molecule is O=S(=O)(NCC(c1cccs1)S(=O)(=O)c1cccs1)c1cccs1. The standard InChI is InChI=1S/C14H13NO4S5/c16-23(17,13-5-2-8-21-13)12(11-4-1-7-20-11)10-15-24(18,19)14-6-3-9-22-14/h1-9,12,15H,10H2. The van der Waals surface area contributed by atoms with Gasteiger partial charge in [0, 0.05) is 11.4 Å². The Bertz CT molecular complexity index is 972. The van der Waals surface area contributed by atoms with Gasteiger partial charge in [-0.2, -0.15) is 0 Å². The van der Waals surface area contributed by atoms with Gasteiger partial charge in [-0.05, 0) is 34.3 Å². The quantitative estimate of drug-likeness (QED) is 0.637. The molecule has 5 nitrogen and oxygen atoms in total. The Balaban J connectivity index is 1.90. The van der Waals surface area contributed by atoms with E-state index in [2.05, 4.69) is 4.72 Å². The Morgan fingerprint density at radius 2 is 1.42 bits per heavy atom. The molecule has 3 aromatic heterocycles. The van der Waals surface area contributed by atoms with Crippen molar-refractivity contribution in [3.05, 3.63) is 57.4 Å². The molecule has 0 radical (unpaired) electrons. The minimum atomic E-state index is -3.72. The normalized spacial score (nSPS) is 13.8. The van der Waals surface area contributed by atoms with E-state index in [9.17, 15) is 16.8 Å². The number of hydrogen-bond acceptors (Lipinski definition) is 7. The maximum Gasteiger partial charge on any atom is 0.250 e. The van der Waals surface area contributed by atoms with Crippen LogP contribution in [0, 0.1) is 0 Å². The summed E-state index contributed by atoms with van der Waals surface area (Å²) in [5, 5.41) is 4.17. The first-order chi connectivity index (χ1) is 11.4. The topological polar surface area (TPSA) is 80.3 Å². The predicted molar refractivity (Wildman–Crippen MR) is 98.1 cm³/mol. The highest BCUT2D eigenvalue weighted by Crippen LogP contribution is 2.33. The van der Waals surface area contributed by atoms with Crippen LogP contribution >= 0.6 is 34.0 Å². The van der Waals surface area contributed by atoms with Crippen molar-refractivity contribution in [2.45, 2.75) is 13.7 Å². The van der Waals surface area contributed by atoms with Crippen LogP contribution in [0.4, 0.5) is 0 Å². The van der Waals surface area contributed by atoms with Crippen LogP contribution in [0.25, 0.3) is 0 Å². The third-order valence-electron chi connectivity index (χ3n) is 3.23. The predicted octanol–water partition coefficient (Wildman–Crippen LogP) is 3.36. The smallest absolute Gasteiger partial charge is 0.222 e. The molecule has 0 spiro atoms. The second-order valence-electron chi connectivity index (χ2n) is 4.77. The van der Waals surface area contributed by atoms with Crippen molar-refractivity contribution in [3.8, 4) is 0 Å². The van der Waals surface area contributed by atoms with E-state index in [0.717, 1.165) is 22.7 Å². The zero-order valence-electron chi connectivity index (χ0n) is 12.2. The van der Waals surface area contributed by atoms with Crippen molar-refractivity contribution < 1.29 is 16.8 Å². The van der Waals surface area contributed by atoms with Crippen LogP contribution < -0.4 is 4.72 Å². The van der Waals surface area contributed by atoms with Gasteiger partial charge in [0.1, 0.15) is 13.7 Å². The molecular formula is C14H13NO4S5. The summed E-state index contributed by atoms with van der Waals surface area (Å²) in [5.74, 6) is 0. The maximum atomic E-state index is 12.9. The van der Waals surface area contributed by atoms with Gasteiger partial charge in [0.25, 0.3) is 0 Å². The van der Waals surface area contributed by atoms with Gasteiger partial charge in [-0.25, -0.2) is 21.6 Å². The van der Waals surface area contributed by atoms with E-state index >= 15 is 0 Å². The van der Waals surface area contributed by atoms with Gasteiger partial charge in [-0.1, -0.05) is 18.2 Å². The number of sulfonamides is 1. The molecule has 0 saturated heterocycles. The molecule has 0 aromatic carbocycles. The fraction of sp³-hybridized carbons (Fsp3) is 0.143. The largest absolute Gasteiger partial charge is 0.250 e. The summed E-state index contributed by atoms with van der Waals surface area (Å²) in [4.78, 5) is 0.609. The average molecular weight is 420 g/mol. The molecule has 1 atom stereocenters. The van der Waals surface area contributed by atoms with E-state index in [-0.39, 0.29) is 15.0 Å². The molecular weight excluding hydrogens is 406 g/mol. The molecule has 0 fully saturated rings. The monoisotopic (exact) mass is 419 g/mol. The van der Waals surface area contributed by atoms with Crippen molar-refractivity contribution in [2.75, 3.05) is 6.54 Å². The van der Waals surface area contributed by atoms with Gasteiger partial charge < -0.3 is 0 Å². The van der Waals surface area contributed by atoms with Crippen molar-refractivity contribution in [1.29, 1.82) is 0 Å². The minimum absolute atomic E-state index is 0.168. The van der Waals surface area contributed by atoms with Crippen molar-refractivity contribution in [2.24, 2.45) is 0 Å². The van der Waals surface area contributed by atoms with E-state index in [1.54, 1.807) is 40.4 Å². The summed E-state index contributed by atoms with van der Waals surface area (Å²) in [6, 6.07) is 9.79. The van der Waals surface area contributed by atoms with E-state index in [4.69, 9.17) is 0 Å². The molecule has 24 heavy (non-hydrogen) atoms. The average Bonchev–Trinajstić information content (AvgIpc) is 3.28. The molecule has 3 rings (SSSR count). The lowest BCUT2D eigenvalue weighted by molar-refractivity contribution is 0.572.